The lowest BCUT2D eigenvalue weighted by molar-refractivity contribution is 0.102. The van der Waals surface area contributed by atoms with E-state index < -0.39 is 5.91 Å². The van der Waals surface area contributed by atoms with E-state index >= 15 is 0 Å². The Morgan fingerprint density at radius 2 is 2.24 bits per heavy atom. The third kappa shape index (κ3) is 3.78. The highest BCUT2D eigenvalue weighted by molar-refractivity contribution is 6.03. The van der Waals surface area contributed by atoms with Crippen molar-refractivity contribution in [2.75, 3.05) is 11.9 Å². The van der Waals surface area contributed by atoms with Gasteiger partial charge in [-0.3, -0.25) is 9.59 Å². The topological polar surface area (TPSA) is 90.0 Å². The maximum Gasteiger partial charge on any atom is 0.257 e. The van der Waals surface area contributed by atoms with E-state index in [1.54, 1.807) is 31.4 Å². The van der Waals surface area contributed by atoms with Crippen molar-refractivity contribution in [3.63, 3.8) is 0 Å². The minimum Gasteiger partial charge on any atom is -0.320 e. The molecule has 0 spiro atoms. The summed E-state index contributed by atoms with van der Waals surface area (Å²) in [5.74, 6) is 5.54. The molecule has 3 N–H and O–H groups in total. The van der Waals surface area contributed by atoms with Crippen LogP contribution in [-0.4, -0.2) is 22.0 Å². The Morgan fingerprint density at radius 1 is 1.43 bits per heavy atom. The van der Waals surface area contributed by atoms with E-state index in [1.165, 1.54) is 16.8 Å². The summed E-state index contributed by atoms with van der Waals surface area (Å²) in [6.07, 6.45) is 3.08. The van der Waals surface area contributed by atoms with Crippen molar-refractivity contribution in [1.29, 1.82) is 0 Å². The maximum atomic E-state index is 12.0. The highest BCUT2D eigenvalue weighted by Gasteiger charge is 2.08. The fourth-order valence-electron chi connectivity index (χ4n) is 1.61. The van der Waals surface area contributed by atoms with Gasteiger partial charge in [0.05, 0.1) is 6.54 Å². The number of aromatic nitrogens is 2. The van der Waals surface area contributed by atoms with Crippen LogP contribution in [0.25, 0.3) is 0 Å². The van der Waals surface area contributed by atoms with E-state index in [4.69, 9.17) is 5.73 Å². The number of pyridine rings is 2. The van der Waals surface area contributed by atoms with Gasteiger partial charge in [-0.05, 0) is 18.2 Å². The molecule has 0 saturated heterocycles. The number of anilines is 1. The van der Waals surface area contributed by atoms with Gasteiger partial charge in [-0.1, -0.05) is 11.8 Å². The third-order valence-corrected chi connectivity index (χ3v) is 2.70. The number of rotatable bonds is 2. The Bertz CT molecular complexity index is 784. The molecule has 2 aromatic rings. The quantitative estimate of drug-likeness (QED) is 0.777. The van der Waals surface area contributed by atoms with Crippen LogP contribution in [-0.2, 0) is 7.05 Å². The standard InChI is InChI=1S/C15H14N4O2/c1-19-8-5-12(10-14(19)20)15(21)18-13-9-11(3-2-6-16)4-7-17-13/h4-5,7-10H,6,16H2,1H3,(H,17,18,21). The number of carbonyl (C=O) groups excluding carboxylic acids is 1. The minimum absolute atomic E-state index is 0.252. The second-order valence-corrected chi connectivity index (χ2v) is 4.25. The first-order valence-electron chi connectivity index (χ1n) is 6.23. The van der Waals surface area contributed by atoms with Crippen molar-refractivity contribution in [3.8, 4) is 11.8 Å². The molecule has 0 unspecified atom stereocenters. The first-order chi connectivity index (χ1) is 10.1. The van der Waals surface area contributed by atoms with Crippen molar-refractivity contribution in [2.45, 2.75) is 0 Å². The lowest BCUT2D eigenvalue weighted by Crippen LogP contribution is -2.20. The average molecular weight is 282 g/mol. The van der Waals surface area contributed by atoms with Gasteiger partial charge in [0.15, 0.2) is 0 Å². The van der Waals surface area contributed by atoms with Gasteiger partial charge in [0.25, 0.3) is 11.5 Å². The first kappa shape index (κ1) is 14.5. The van der Waals surface area contributed by atoms with Gasteiger partial charge in [-0.15, -0.1) is 0 Å². The Balaban J connectivity index is 2.19. The minimum atomic E-state index is -0.399. The molecule has 0 aliphatic carbocycles. The predicted octanol–water partition coefficient (Wildman–Crippen LogP) is 0.343. The normalized spacial score (nSPS) is 9.62. The molecular weight excluding hydrogens is 268 g/mol. The molecule has 2 heterocycles. The van der Waals surface area contributed by atoms with Crippen molar-refractivity contribution >= 4 is 11.7 Å². The monoisotopic (exact) mass is 282 g/mol. The zero-order chi connectivity index (χ0) is 15.2. The van der Waals surface area contributed by atoms with E-state index in [9.17, 15) is 9.59 Å². The summed E-state index contributed by atoms with van der Waals surface area (Å²) in [4.78, 5) is 27.6. The fraction of sp³-hybridized carbons (Fsp3) is 0.133. The number of aryl methyl sites for hydroxylation is 1. The lowest BCUT2D eigenvalue weighted by Gasteiger charge is -2.05. The molecule has 2 aromatic heterocycles. The Kier molecular flexibility index (Phi) is 4.49. The summed E-state index contributed by atoms with van der Waals surface area (Å²) < 4.78 is 1.39. The molecule has 21 heavy (non-hydrogen) atoms. The van der Waals surface area contributed by atoms with E-state index in [0.717, 1.165) is 0 Å². The van der Waals surface area contributed by atoms with Crippen LogP contribution >= 0.6 is 0 Å². The summed E-state index contributed by atoms with van der Waals surface area (Å²) >= 11 is 0. The van der Waals surface area contributed by atoms with E-state index in [1.807, 2.05) is 0 Å². The summed E-state index contributed by atoms with van der Waals surface area (Å²) in [5.41, 5.74) is 6.03. The van der Waals surface area contributed by atoms with Gasteiger partial charge < -0.3 is 15.6 Å². The number of nitrogens with two attached hydrogens (primary N) is 1. The molecule has 0 aromatic carbocycles. The number of hydrogen-bond donors (Lipinski definition) is 2. The Hall–Kier alpha value is -2.91. The van der Waals surface area contributed by atoms with E-state index in [-0.39, 0.29) is 17.7 Å². The molecule has 0 aliphatic heterocycles. The van der Waals surface area contributed by atoms with Gasteiger partial charge in [-0.2, -0.15) is 0 Å². The number of amides is 1. The lowest BCUT2D eigenvalue weighted by atomic mass is 10.2. The average Bonchev–Trinajstić information content (AvgIpc) is 2.48. The molecule has 0 atom stereocenters. The van der Waals surface area contributed by atoms with Crippen LogP contribution in [0.15, 0.2) is 41.5 Å². The number of nitrogens with zero attached hydrogens (tertiary/aromatic N) is 2. The van der Waals surface area contributed by atoms with Crippen molar-refractivity contribution in [3.05, 3.63) is 58.1 Å². The van der Waals surface area contributed by atoms with Gasteiger partial charge in [0, 0.05) is 36.6 Å². The van der Waals surface area contributed by atoms with Crippen LogP contribution in [0.5, 0.6) is 0 Å². The van der Waals surface area contributed by atoms with Crippen LogP contribution in [0.3, 0.4) is 0 Å². The van der Waals surface area contributed by atoms with Crippen molar-refractivity contribution < 1.29 is 4.79 Å². The van der Waals surface area contributed by atoms with Crippen LogP contribution in [0.4, 0.5) is 5.82 Å². The highest BCUT2D eigenvalue weighted by Crippen LogP contribution is 2.07. The van der Waals surface area contributed by atoms with Crippen LogP contribution < -0.4 is 16.6 Å². The maximum absolute atomic E-state index is 12.0. The molecule has 0 radical (unpaired) electrons. The molecule has 6 heteroatoms. The molecule has 0 aliphatic rings. The summed E-state index contributed by atoms with van der Waals surface area (Å²) in [6, 6.07) is 6.19. The fourth-order valence-corrected chi connectivity index (χ4v) is 1.61. The third-order valence-electron chi connectivity index (χ3n) is 2.70. The smallest absolute Gasteiger partial charge is 0.257 e. The highest BCUT2D eigenvalue weighted by atomic mass is 16.2. The molecule has 2 rings (SSSR count). The molecule has 1 amide bonds. The SMILES string of the molecule is Cn1ccc(C(=O)Nc2cc(C#CCN)ccn2)cc1=O. The van der Waals surface area contributed by atoms with E-state index in [2.05, 4.69) is 22.1 Å². The second-order valence-electron chi connectivity index (χ2n) is 4.25. The summed E-state index contributed by atoms with van der Waals surface area (Å²) in [5, 5.41) is 2.62. The number of hydrogen-bond acceptors (Lipinski definition) is 4. The van der Waals surface area contributed by atoms with Crippen LogP contribution in [0, 0.1) is 11.8 Å². The van der Waals surface area contributed by atoms with Gasteiger partial charge in [0.1, 0.15) is 5.82 Å². The molecule has 0 fully saturated rings. The van der Waals surface area contributed by atoms with E-state index in [0.29, 0.717) is 11.4 Å². The summed E-state index contributed by atoms with van der Waals surface area (Å²) in [6.45, 7) is 0.261. The van der Waals surface area contributed by atoms with Gasteiger partial charge in [0.2, 0.25) is 0 Å². The van der Waals surface area contributed by atoms with Crippen LogP contribution in [0.2, 0.25) is 0 Å². The summed E-state index contributed by atoms with van der Waals surface area (Å²) in [7, 11) is 1.62. The van der Waals surface area contributed by atoms with Crippen LogP contribution in [0.1, 0.15) is 15.9 Å². The van der Waals surface area contributed by atoms with Crippen molar-refractivity contribution in [2.24, 2.45) is 12.8 Å². The Labute approximate surface area is 121 Å². The molecule has 0 bridgehead atoms. The molecular formula is C15H14N4O2. The predicted molar refractivity (Wildman–Crippen MR) is 79.8 cm³/mol. The number of nitrogens with one attached hydrogen (secondary N) is 1. The first-order valence-corrected chi connectivity index (χ1v) is 6.23. The molecule has 6 nitrogen and oxygen atoms in total. The van der Waals surface area contributed by atoms with Crippen molar-refractivity contribution in [1.82, 2.24) is 9.55 Å². The second kappa shape index (κ2) is 6.50. The van der Waals surface area contributed by atoms with Gasteiger partial charge in [-0.25, -0.2) is 4.98 Å². The molecule has 0 saturated carbocycles. The zero-order valence-corrected chi connectivity index (χ0v) is 11.5. The molecule has 106 valence electrons. The van der Waals surface area contributed by atoms with Gasteiger partial charge >= 0.3 is 0 Å². The Morgan fingerprint density at radius 3 is 2.95 bits per heavy atom. The number of carbonyl (C=O) groups is 1. The largest absolute Gasteiger partial charge is 0.320 e. The zero-order valence-electron chi connectivity index (χ0n) is 11.5.